The minimum atomic E-state index is 0.350. The van der Waals surface area contributed by atoms with Crippen LogP contribution in [0.2, 0.25) is 0 Å². The number of carbonyl (C=O) groups excluding carboxylic acids is 1. The Morgan fingerprint density at radius 2 is 2.38 bits per heavy atom. The second-order valence-corrected chi connectivity index (χ2v) is 2.98. The third-order valence-corrected chi connectivity index (χ3v) is 2.05. The summed E-state index contributed by atoms with van der Waals surface area (Å²) in [6.07, 6.45) is 2.81. The summed E-state index contributed by atoms with van der Waals surface area (Å²) in [7, 11) is 1.57. The summed E-state index contributed by atoms with van der Waals surface area (Å²) >= 11 is 0. The molecule has 0 saturated carbocycles. The maximum atomic E-state index is 10.2. The highest BCUT2D eigenvalue weighted by Gasteiger charge is 2.10. The second kappa shape index (κ2) is 4.42. The molecule has 0 aliphatic rings. The number of methoxy groups -OCH3 is 1. The number of isocyanates is 1. The van der Waals surface area contributed by atoms with Gasteiger partial charge in [-0.05, 0) is 12.1 Å². The largest absolute Gasteiger partial charge is 0.497 e. The first-order valence-electron chi connectivity index (χ1n) is 4.52. The molecule has 0 amide bonds. The van der Waals surface area contributed by atoms with Crippen LogP contribution in [-0.2, 0) is 4.79 Å². The molecule has 0 atom stereocenters. The summed E-state index contributed by atoms with van der Waals surface area (Å²) < 4.78 is 10.1. The lowest BCUT2D eigenvalue weighted by Gasteiger charge is -2.01. The highest BCUT2D eigenvalue weighted by molar-refractivity contribution is 5.72. The molecule has 1 aromatic carbocycles. The Hall–Kier alpha value is -2.39. The molecular weight excluding hydrogens is 208 g/mol. The van der Waals surface area contributed by atoms with E-state index in [0.29, 0.717) is 17.2 Å². The monoisotopic (exact) mass is 216 g/mol. The Morgan fingerprint density at radius 1 is 1.50 bits per heavy atom. The number of rotatable bonds is 3. The van der Waals surface area contributed by atoms with Crippen molar-refractivity contribution >= 4 is 11.8 Å². The Balaban J connectivity index is 2.49. The van der Waals surface area contributed by atoms with Gasteiger partial charge in [-0.2, -0.15) is 4.99 Å². The lowest BCUT2D eigenvalue weighted by atomic mass is 10.1. The summed E-state index contributed by atoms with van der Waals surface area (Å²) in [5, 5.41) is 3.58. The Labute approximate surface area is 91.4 Å². The summed E-state index contributed by atoms with van der Waals surface area (Å²) in [4.78, 5) is 13.7. The fourth-order valence-corrected chi connectivity index (χ4v) is 1.33. The molecule has 80 valence electrons. The maximum Gasteiger partial charge on any atom is 0.240 e. The molecule has 0 radical (unpaired) electrons. The SMILES string of the molecule is COc1cccc(-c2oncc2N=C=O)c1. The van der Waals surface area contributed by atoms with Crippen LogP contribution in [0.25, 0.3) is 11.3 Å². The van der Waals surface area contributed by atoms with Gasteiger partial charge in [0.05, 0.1) is 13.3 Å². The molecule has 0 unspecified atom stereocenters. The molecule has 1 heterocycles. The summed E-state index contributed by atoms with van der Waals surface area (Å²) in [5.74, 6) is 1.11. The van der Waals surface area contributed by atoms with Crippen LogP contribution in [0.1, 0.15) is 0 Å². The number of hydrogen-bond donors (Lipinski definition) is 0. The normalized spacial score (nSPS) is 9.56. The molecule has 0 fully saturated rings. The molecule has 0 N–H and O–H groups in total. The summed E-state index contributed by atoms with van der Waals surface area (Å²) in [5.41, 5.74) is 1.09. The minimum absolute atomic E-state index is 0.350. The predicted molar refractivity (Wildman–Crippen MR) is 56.3 cm³/mol. The van der Waals surface area contributed by atoms with Gasteiger partial charge in [-0.15, -0.1) is 0 Å². The van der Waals surface area contributed by atoms with Crippen LogP contribution in [0.3, 0.4) is 0 Å². The van der Waals surface area contributed by atoms with E-state index < -0.39 is 0 Å². The number of hydrogen-bond acceptors (Lipinski definition) is 5. The van der Waals surface area contributed by atoms with E-state index in [0.717, 1.165) is 5.56 Å². The first-order valence-corrected chi connectivity index (χ1v) is 4.52. The standard InChI is InChI=1S/C11H8N2O3/c1-15-9-4-2-3-8(5-9)11-10(12-7-14)6-13-16-11/h2-6H,1H3. The van der Waals surface area contributed by atoms with E-state index in [1.54, 1.807) is 13.2 Å². The lowest BCUT2D eigenvalue weighted by Crippen LogP contribution is -1.82. The van der Waals surface area contributed by atoms with E-state index in [9.17, 15) is 4.79 Å². The van der Waals surface area contributed by atoms with Crippen molar-refractivity contribution in [3.63, 3.8) is 0 Å². The Morgan fingerprint density at radius 3 is 3.12 bits per heavy atom. The fourth-order valence-electron chi connectivity index (χ4n) is 1.33. The van der Waals surface area contributed by atoms with Gasteiger partial charge in [-0.25, -0.2) is 4.79 Å². The molecule has 0 aliphatic heterocycles. The third-order valence-electron chi connectivity index (χ3n) is 2.05. The molecule has 2 aromatic rings. The first-order chi connectivity index (χ1) is 7.85. The van der Waals surface area contributed by atoms with E-state index in [1.165, 1.54) is 12.3 Å². The van der Waals surface area contributed by atoms with Gasteiger partial charge in [0.2, 0.25) is 6.08 Å². The fraction of sp³-hybridized carbons (Fsp3) is 0.0909. The molecule has 5 heteroatoms. The zero-order valence-electron chi connectivity index (χ0n) is 8.51. The molecule has 0 bridgehead atoms. The molecule has 2 rings (SSSR count). The smallest absolute Gasteiger partial charge is 0.240 e. The maximum absolute atomic E-state index is 10.2. The van der Waals surface area contributed by atoms with Crippen LogP contribution in [0.5, 0.6) is 5.75 Å². The summed E-state index contributed by atoms with van der Waals surface area (Å²) in [6.45, 7) is 0. The topological polar surface area (TPSA) is 64.7 Å². The quantitative estimate of drug-likeness (QED) is 0.583. The van der Waals surface area contributed by atoms with E-state index in [4.69, 9.17) is 9.26 Å². The van der Waals surface area contributed by atoms with Crippen molar-refractivity contribution in [2.45, 2.75) is 0 Å². The molecule has 16 heavy (non-hydrogen) atoms. The number of benzene rings is 1. The van der Waals surface area contributed by atoms with Gasteiger partial charge >= 0.3 is 0 Å². The van der Waals surface area contributed by atoms with Crippen molar-refractivity contribution in [3.8, 4) is 17.1 Å². The minimum Gasteiger partial charge on any atom is -0.497 e. The van der Waals surface area contributed by atoms with Crippen LogP contribution in [-0.4, -0.2) is 18.3 Å². The molecule has 0 aliphatic carbocycles. The second-order valence-electron chi connectivity index (χ2n) is 2.98. The molecule has 0 saturated heterocycles. The molecule has 1 aromatic heterocycles. The van der Waals surface area contributed by atoms with Gasteiger partial charge in [-0.3, -0.25) is 0 Å². The van der Waals surface area contributed by atoms with Crippen LogP contribution < -0.4 is 4.74 Å². The van der Waals surface area contributed by atoms with Crippen LogP contribution in [0.4, 0.5) is 5.69 Å². The molecule has 0 spiro atoms. The van der Waals surface area contributed by atoms with E-state index >= 15 is 0 Å². The highest BCUT2D eigenvalue weighted by Crippen LogP contribution is 2.31. The predicted octanol–water partition coefficient (Wildman–Crippen LogP) is 2.32. The molecule has 5 nitrogen and oxygen atoms in total. The van der Waals surface area contributed by atoms with Gasteiger partial charge in [0.25, 0.3) is 0 Å². The number of nitrogens with zero attached hydrogens (tertiary/aromatic N) is 2. The van der Waals surface area contributed by atoms with Crippen molar-refractivity contribution in [1.82, 2.24) is 5.16 Å². The average Bonchev–Trinajstić information content (AvgIpc) is 2.78. The van der Waals surface area contributed by atoms with Crippen molar-refractivity contribution in [1.29, 1.82) is 0 Å². The number of ether oxygens (including phenoxy) is 1. The van der Waals surface area contributed by atoms with Crippen molar-refractivity contribution in [3.05, 3.63) is 30.5 Å². The molecular formula is C11H8N2O3. The van der Waals surface area contributed by atoms with Crippen LogP contribution in [0, 0.1) is 0 Å². The third kappa shape index (κ3) is 1.85. The number of aromatic nitrogens is 1. The van der Waals surface area contributed by atoms with Crippen LogP contribution >= 0.6 is 0 Å². The van der Waals surface area contributed by atoms with E-state index in [2.05, 4.69) is 10.1 Å². The van der Waals surface area contributed by atoms with Gasteiger partial charge in [0.1, 0.15) is 11.4 Å². The lowest BCUT2D eigenvalue weighted by molar-refractivity contribution is 0.413. The van der Waals surface area contributed by atoms with Gasteiger partial charge in [0, 0.05) is 5.56 Å². The van der Waals surface area contributed by atoms with Gasteiger partial charge < -0.3 is 9.26 Å². The van der Waals surface area contributed by atoms with Gasteiger partial charge in [0.15, 0.2) is 5.76 Å². The zero-order valence-corrected chi connectivity index (χ0v) is 8.51. The Kier molecular flexibility index (Phi) is 2.80. The summed E-state index contributed by atoms with van der Waals surface area (Å²) in [6, 6.07) is 7.20. The van der Waals surface area contributed by atoms with Gasteiger partial charge in [-0.1, -0.05) is 17.3 Å². The van der Waals surface area contributed by atoms with Crippen molar-refractivity contribution < 1.29 is 14.1 Å². The van der Waals surface area contributed by atoms with Crippen LogP contribution in [0.15, 0.2) is 40.0 Å². The highest BCUT2D eigenvalue weighted by atomic mass is 16.5. The Bertz CT molecular complexity index is 542. The van der Waals surface area contributed by atoms with E-state index in [1.807, 2.05) is 18.2 Å². The zero-order chi connectivity index (χ0) is 11.4. The number of aliphatic imine (C=N–C) groups is 1. The van der Waals surface area contributed by atoms with E-state index in [-0.39, 0.29) is 0 Å². The first kappa shape index (κ1) is 10.1. The van der Waals surface area contributed by atoms with Crippen molar-refractivity contribution in [2.75, 3.05) is 7.11 Å². The average molecular weight is 216 g/mol. The van der Waals surface area contributed by atoms with Crippen molar-refractivity contribution in [2.24, 2.45) is 4.99 Å².